The molecule has 0 saturated carbocycles. The predicted octanol–water partition coefficient (Wildman–Crippen LogP) is 4.12. The lowest BCUT2D eigenvalue weighted by Crippen LogP contribution is -1.94. The molecule has 0 radical (unpaired) electrons. The molecular formula is C18H16N2O. The van der Waals surface area contributed by atoms with Gasteiger partial charge in [-0.2, -0.15) is 10.2 Å². The lowest BCUT2D eigenvalue weighted by molar-refractivity contribution is 0.101. The van der Waals surface area contributed by atoms with Crippen LogP contribution in [0.4, 0.5) is 0 Å². The molecule has 0 N–H and O–H groups in total. The normalized spacial score (nSPS) is 10.8. The van der Waals surface area contributed by atoms with E-state index in [-0.39, 0.29) is 5.78 Å². The molecule has 3 nitrogen and oxygen atoms in total. The van der Waals surface area contributed by atoms with Crippen LogP contribution in [0.3, 0.4) is 0 Å². The summed E-state index contributed by atoms with van der Waals surface area (Å²) in [7, 11) is 0. The van der Waals surface area contributed by atoms with Crippen molar-refractivity contribution in [3.05, 3.63) is 59.4 Å². The van der Waals surface area contributed by atoms with Crippen LogP contribution in [-0.4, -0.2) is 16.0 Å². The highest BCUT2D eigenvalue weighted by atomic mass is 16.1. The molecule has 2 aromatic carbocycles. The van der Waals surface area contributed by atoms with Crippen molar-refractivity contribution in [1.82, 2.24) is 10.2 Å². The number of ketones is 1. The van der Waals surface area contributed by atoms with Crippen molar-refractivity contribution in [3.63, 3.8) is 0 Å². The molecule has 3 heteroatoms. The second kappa shape index (κ2) is 5.09. The summed E-state index contributed by atoms with van der Waals surface area (Å²) < 4.78 is 0. The first-order chi connectivity index (χ1) is 10.1. The van der Waals surface area contributed by atoms with Crippen LogP contribution in [-0.2, 0) is 0 Å². The van der Waals surface area contributed by atoms with Crippen molar-refractivity contribution in [2.24, 2.45) is 0 Å². The molecule has 0 aliphatic rings. The Morgan fingerprint density at radius 2 is 1.86 bits per heavy atom. The van der Waals surface area contributed by atoms with Crippen LogP contribution in [0.25, 0.3) is 21.9 Å². The van der Waals surface area contributed by atoms with Gasteiger partial charge in [-0.05, 0) is 49.6 Å². The highest BCUT2D eigenvalue weighted by Gasteiger charge is 2.08. The first-order valence-electron chi connectivity index (χ1n) is 6.90. The topological polar surface area (TPSA) is 42.9 Å². The molecule has 3 rings (SSSR count). The van der Waals surface area contributed by atoms with E-state index in [1.54, 1.807) is 13.1 Å². The summed E-state index contributed by atoms with van der Waals surface area (Å²) in [5, 5.41) is 10.2. The Kier molecular flexibility index (Phi) is 3.26. The van der Waals surface area contributed by atoms with Crippen molar-refractivity contribution in [3.8, 4) is 11.1 Å². The van der Waals surface area contributed by atoms with Crippen molar-refractivity contribution in [2.45, 2.75) is 20.8 Å². The molecule has 0 amide bonds. The summed E-state index contributed by atoms with van der Waals surface area (Å²) >= 11 is 0. The molecule has 0 unspecified atom stereocenters. The molecular weight excluding hydrogens is 260 g/mol. The maximum Gasteiger partial charge on any atom is 0.159 e. The molecule has 0 bridgehead atoms. The average Bonchev–Trinajstić information content (AvgIpc) is 2.47. The van der Waals surface area contributed by atoms with Gasteiger partial charge in [0.1, 0.15) is 0 Å². The van der Waals surface area contributed by atoms with E-state index in [9.17, 15) is 4.79 Å². The summed E-state index contributed by atoms with van der Waals surface area (Å²) in [5.74, 6) is 0.0822. The Bertz CT molecular complexity index is 853. The zero-order chi connectivity index (χ0) is 15.0. The highest BCUT2D eigenvalue weighted by Crippen LogP contribution is 2.28. The van der Waals surface area contributed by atoms with Crippen molar-refractivity contribution >= 4 is 16.6 Å². The van der Waals surface area contributed by atoms with Crippen LogP contribution in [0, 0.1) is 13.8 Å². The van der Waals surface area contributed by atoms with Gasteiger partial charge < -0.3 is 0 Å². The van der Waals surface area contributed by atoms with E-state index >= 15 is 0 Å². The second-order valence-corrected chi connectivity index (χ2v) is 5.32. The SMILES string of the molecule is CC(=O)c1ccc(C)c(-c2ccc3c(C)nncc3c2)c1. The highest BCUT2D eigenvalue weighted by molar-refractivity contribution is 5.96. The van der Waals surface area contributed by atoms with Gasteiger partial charge in [0.05, 0.1) is 11.9 Å². The molecule has 104 valence electrons. The lowest BCUT2D eigenvalue weighted by atomic mass is 9.95. The van der Waals surface area contributed by atoms with E-state index in [4.69, 9.17) is 0 Å². The van der Waals surface area contributed by atoms with Gasteiger partial charge in [0.25, 0.3) is 0 Å². The Hall–Kier alpha value is -2.55. The molecule has 1 heterocycles. The summed E-state index contributed by atoms with van der Waals surface area (Å²) in [6.45, 7) is 5.60. The van der Waals surface area contributed by atoms with E-state index < -0.39 is 0 Å². The first-order valence-corrected chi connectivity index (χ1v) is 6.90. The number of rotatable bonds is 2. The van der Waals surface area contributed by atoms with Crippen LogP contribution in [0.5, 0.6) is 0 Å². The van der Waals surface area contributed by atoms with Crippen LogP contribution in [0.15, 0.2) is 42.6 Å². The minimum atomic E-state index is 0.0822. The van der Waals surface area contributed by atoms with Crippen molar-refractivity contribution < 1.29 is 4.79 Å². The number of fused-ring (bicyclic) bond motifs is 1. The smallest absolute Gasteiger partial charge is 0.159 e. The summed E-state index contributed by atoms with van der Waals surface area (Å²) in [6.07, 6.45) is 1.77. The Morgan fingerprint density at radius 3 is 2.62 bits per heavy atom. The third-order valence-electron chi connectivity index (χ3n) is 3.80. The molecule has 0 atom stereocenters. The number of carbonyl (C=O) groups is 1. The van der Waals surface area contributed by atoms with Gasteiger partial charge in [0.2, 0.25) is 0 Å². The molecule has 1 aromatic heterocycles. The largest absolute Gasteiger partial charge is 0.295 e. The predicted molar refractivity (Wildman–Crippen MR) is 84.5 cm³/mol. The molecule has 0 saturated heterocycles. The second-order valence-electron chi connectivity index (χ2n) is 5.32. The van der Waals surface area contributed by atoms with E-state index in [1.165, 1.54) is 0 Å². The third kappa shape index (κ3) is 2.42. The Labute approximate surface area is 123 Å². The van der Waals surface area contributed by atoms with E-state index in [0.29, 0.717) is 0 Å². The number of carbonyl (C=O) groups excluding carboxylic acids is 1. The monoisotopic (exact) mass is 276 g/mol. The number of nitrogens with zero attached hydrogens (tertiary/aromatic N) is 2. The lowest BCUT2D eigenvalue weighted by Gasteiger charge is -2.09. The van der Waals surface area contributed by atoms with E-state index in [2.05, 4.69) is 35.3 Å². The van der Waals surface area contributed by atoms with Gasteiger partial charge in [0, 0.05) is 16.3 Å². The van der Waals surface area contributed by atoms with Crippen LogP contribution >= 0.6 is 0 Å². The first kappa shape index (κ1) is 13.4. The van der Waals surface area contributed by atoms with E-state index in [1.807, 2.05) is 25.1 Å². The number of aryl methyl sites for hydroxylation is 2. The molecule has 3 aromatic rings. The fourth-order valence-corrected chi connectivity index (χ4v) is 2.55. The number of hydrogen-bond acceptors (Lipinski definition) is 3. The summed E-state index contributed by atoms with van der Waals surface area (Å²) in [5.41, 5.74) is 4.99. The molecule has 0 aliphatic carbocycles. The van der Waals surface area contributed by atoms with Gasteiger partial charge in [-0.1, -0.05) is 24.3 Å². The van der Waals surface area contributed by atoms with Crippen LogP contribution < -0.4 is 0 Å². The molecule has 0 aliphatic heterocycles. The zero-order valence-corrected chi connectivity index (χ0v) is 12.3. The number of Topliss-reactive ketones (excluding diaryl/α,β-unsaturated/α-hetero) is 1. The quantitative estimate of drug-likeness (QED) is 0.661. The summed E-state index contributed by atoms with van der Waals surface area (Å²) in [4.78, 5) is 11.6. The maximum atomic E-state index is 11.6. The van der Waals surface area contributed by atoms with Gasteiger partial charge in [-0.15, -0.1) is 0 Å². The Balaban J connectivity index is 2.20. The third-order valence-corrected chi connectivity index (χ3v) is 3.80. The fraction of sp³-hybridized carbons (Fsp3) is 0.167. The van der Waals surface area contributed by atoms with Gasteiger partial charge >= 0.3 is 0 Å². The summed E-state index contributed by atoms with van der Waals surface area (Å²) in [6, 6.07) is 12.1. The van der Waals surface area contributed by atoms with Crippen molar-refractivity contribution in [2.75, 3.05) is 0 Å². The maximum absolute atomic E-state index is 11.6. The number of aromatic nitrogens is 2. The van der Waals surface area contributed by atoms with Gasteiger partial charge in [-0.25, -0.2) is 0 Å². The number of hydrogen-bond donors (Lipinski definition) is 0. The van der Waals surface area contributed by atoms with E-state index in [0.717, 1.165) is 38.7 Å². The van der Waals surface area contributed by atoms with Crippen LogP contribution in [0.1, 0.15) is 28.5 Å². The van der Waals surface area contributed by atoms with Gasteiger partial charge in [0.15, 0.2) is 5.78 Å². The minimum absolute atomic E-state index is 0.0822. The standard InChI is InChI=1S/C18H16N2O/c1-11-4-5-14(13(3)21)9-18(11)15-6-7-17-12(2)20-19-10-16(17)8-15/h4-10H,1-3H3. The van der Waals surface area contributed by atoms with Gasteiger partial charge in [-0.3, -0.25) is 4.79 Å². The number of benzene rings is 2. The fourth-order valence-electron chi connectivity index (χ4n) is 2.55. The Morgan fingerprint density at radius 1 is 1.05 bits per heavy atom. The molecule has 0 spiro atoms. The van der Waals surface area contributed by atoms with Crippen molar-refractivity contribution in [1.29, 1.82) is 0 Å². The minimum Gasteiger partial charge on any atom is -0.295 e. The zero-order valence-electron chi connectivity index (χ0n) is 12.3. The molecule has 21 heavy (non-hydrogen) atoms. The molecule has 0 fully saturated rings. The van der Waals surface area contributed by atoms with Crippen LogP contribution in [0.2, 0.25) is 0 Å². The average molecular weight is 276 g/mol.